The molecule has 0 heterocycles. The predicted molar refractivity (Wildman–Crippen MR) is 60.1 cm³/mol. The molecule has 0 saturated carbocycles. The molecule has 0 rings (SSSR count). The molecule has 0 aliphatic heterocycles. The first-order valence-electron chi connectivity index (χ1n) is 4.71. The van der Waals surface area contributed by atoms with Crippen LogP contribution in [-0.4, -0.2) is 24.5 Å². The van der Waals surface area contributed by atoms with E-state index in [1.807, 2.05) is 6.26 Å². The first kappa shape index (κ1) is 12.8. The predicted octanol–water partition coefficient (Wildman–Crippen LogP) is 2.29. The minimum Gasteiger partial charge on any atom is -0.355 e. The van der Waals surface area contributed by atoms with Gasteiger partial charge in [-0.3, -0.25) is 4.79 Å². The first-order chi connectivity index (χ1) is 5.95. The number of thioether (sulfide) groups is 1. The highest BCUT2D eigenvalue weighted by Gasteiger charge is 2.09. The number of carbonyl (C=O) groups excluding carboxylic acids is 1. The van der Waals surface area contributed by atoms with E-state index in [4.69, 9.17) is 0 Å². The van der Waals surface area contributed by atoms with E-state index in [1.54, 1.807) is 11.8 Å². The molecule has 0 atom stereocenters. The summed E-state index contributed by atoms with van der Waals surface area (Å²) in [6.07, 6.45) is 4.17. The van der Waals surface area contributed by atoms with Gasteiger partial charge in [0.1, 0.15) is 0 Å². The standard InChI is InChI=1S/C10H21NOS/c1-10(2,3)6-5-7-11-9(12)8-13-4/h5-8H2,1-4H3,(H,11,12). The number of carbonyl (C=O) groups is 1. The molecule has 13 heavy (non-hydrogen) atoms. The Bertz CT molecular complexity index is 151. The highest BCUT2D eigenvalue weighted by molar-refractivity contribution is 7.99. The van der Waals surface area contributed by atoms with Gasteiger partial charge in [-0.1, -0.05) is 20.8 Å². The van der Waals surface area contributed by atoms with Crippen LogP contribution >= 0.6 is 11.8 Å². The lowest BCUT2D eigenvalue weighted by atomic mass is 9.91. The largest absolute Gasteiger partial charge is 0.355 e. The molecular weight excluding hydrogens is 182 g/mol. The average Bonchev–Trinajstić information content (AvgIpc) is 1.97. The zero-order valence-electron chi connectivity index (χ0n) is 9.14. The summed E-state index contributed by atoms with van der Waals surface area (Å²) in [5.41, 5.74) is 0.379. The van der Waals surface area contributed by atoms with Crippen molar-refractivity contribution >= 4 is 17.7 Å². The summed E-state index contributed by atoms with van der Waals surface area (Å²) in [5.74, 6) is 0.733. The van der Waals surface area contributed by atoms with E-state index >= 15 is 0 Å². The molecule has 0 aromatic heterocycles. The number of rotatable bonds is 5. The van der Waals surface area contributed by atoms with Gasteiger partial charge in [0.2, 0.25) is 5.91 Å². The average molecular weight is 203 g/mol. The highest BCUT2D eigenvalue weighted by Crippen LogP contribution is 2.19. The monoisotopic (exact) mass is 203 g/mol. The Balaban J connectivity index is 3.31. The smallest absolute Gasteiger partial charge is 0.229 e. The lowest BCUT2D eigenvalue weighted by Crippen LogP contribution is -2.26. The van der Waals surface area contributed by atoms with Crippen LogP contribution in [0.3, 0.4) is 0 Å². The lowest BCUT2D eigenvalue weighted by molar-refractivity contribution is -0.118. The van der Waals surface area contributed by atoms with Crippen molar-refractivity contribution in [3.05, 3.63) is 0 Å². The molecule has 1 N–H and O–H groups in total. The molecule has 0 aliphatic rings. The molecule has 2 nitrogen and oxygen atoms in total. The van der Waals surface area contributed by atoms with Crippen molar-refractivity contribution in [3.8, 4) is 0 Å². The Morgan fingerprint density at radius 3 is 2.46 bits per heavy atom. The van der Waals surface area contributed by atoms with Crippen LogP contribution in [0.2, 0.25) is 0 Å². The topological polar surface area (TPSA) is 29.1 Å². The summed E-state index contributed by atoms with van der Waals surface area (Å²) in [6.45, 7) is 7.47. The Hall–Kier alpha value is -0.180. The van der Waals surface area contributed by atoms with Crippen LogP contribution in [0.4, 0.5) is 0 Å². The van der Waals surface area contributed by atoms with Gasteiger partial charge in [0.05, 0.1) is 5.75 Å². The van der Waals surface area contributed by atoms with Gasteiger partial charge in [0.15, 0.2) is 0 Å². The maximum absolute atomic E-state index is 11.0. The van der Waals surface area contributed by atoms with Crippen molar-refractivity contribution in [1.29, 1.82) is 0 Å². The molecule has 0 fully saturated rings. The number of amides is 1. The van der Waals surface area contributed by atoms with E-state index in [2.05, 4.69) is 26.1 Å². The summed E-state index contributed by atoms with van der Waals surface area (Å²) in [4.78, 5) is 11.0. The van der Waals surface area contributed by atoms with Gasteiger partial charge in [-0.25, -0.2) is 0 Å². The molecule has 0 spiro atoms. The molecule has 0 unspecified atom stereocenters. The third kappa shape index (κ3) is 9.74. The zero-order chi connectivity index (χ0) is 10.3. The maximum atomic E-state index is 11.0. The van der Waals surface area contributed by atoms with Crippen molar-refractivity contribution in [2.45, 2.75) is 33.6 Å². The van der Waals surface area contributed by atoms with Crippen molar-refractivity contribution in [1.82, 2.24) is 5.32 Å². The third-order valence-electron chi connectivity index (χ3n) is 1.70. The van der Waals surface area contributed by atoms with E-state index in [1.165, 1.54) is 0 Å². The lowest BCUT2D eigenvalue weighted by Gasteiger charge is -2.17. The van der Waals surface area contributed by atoms with Gasteiger partial charge >= 0.3 is 0 Å². The third-order valence-corrected chi connectivity index (χ3v) is 2.25. The second-order valence-electron chi connectivity index (χ2n) is 4.45. The fraction of sp³-hybridized carbons (Fsp3) is 0.900. The number of nitrogens with one attached hydrogen (secondary N) is 1. The fourth-order valence-electron chi connectivity index (χ4n) is 1.03. The van der Waals surface area contributed by atoms with Crippen molar-refractivity contribution in [3.63, 3.8) is 0 Å². The SMILES string of the molecule is CSCC(=O)NCCCC(C)(C)C. The minimum absolute atomic E-state index is 0.154. The molecule has 0 saturated heterocycles. The van der Waals surface area contributed by atoms with Gasteiger partial charge in [-0.2, -0.15) is 11.8 Å². The van der Waals surface area contributed by atoms with Gasteiger partial charge in [0, 0.05) is 6.54 Å². The normalized spacial score (nSPS) is 11.4. The minimum atomic E-state index is 0.154. The fourth-order valence-corrected chi connectivity index (χ4v) is 1.39. The van der Waals surface area contributed by atoms with Crippen LogP contribution < -0.4 is 5.32 Å². The van der Waals surface area contributed by atoms with E-state index in [-0.39, 0.29) is 5.91 Å². The summed E-state index contributed by atoms with van der Waals surface area (Å²) in [5, 5.41) is 2.90. The second kappa shape index (κ2) is 6.30. The molecule has 0 bridgehead atoms. The maximum Gasteiger partial charge on any atom is 0.229 e. The van der Waals surface area contributed by atoms with Crippen LogP contribution in [0.25, 0.3) is 0 Å². The molecule has 0 aromatic rings. The van der Waals surface area contributed by atoms with Gasteiger partial charge in [-0.05, 0) is 24.5 Å². The van der Waals surface area contributed by atoms with Crippen molar-refractivity contribution < 1.29 is 4.79 Å². The van der Waals surface area contributed by atoms with Crippen LogP contribution in [0.15, 0.2) is 0 Å². The summed E-state index contributed by atoms with van der Waals surface area (Å²) >= 11 is 1.56. The van der Waals surface area contributed by atoms with E-state index in [9.17, 15) is 4.79 Å². The zero-order valence-corrected chi connectivity index (χ0v) is 9.96. The van der Waals surface area contributed by atoms with Gasteiger partial charge < -0.3 is 5.32 Å². The van der Waals surface area contributed by atoms with E-state index in [0.29, 0.717) is 11.2 Å². The number of hydrogen-bond donors (Lipinski definition) is 1. The second-order valence-corrected chi connectivity index (χ2v) is 5.31. The molecule has 1 amide bonds. The van der Waals surface area contributed by atoms with Crippen LogP contribution in [-0.2, 0) is 4.79 Å². The van der Waals surface area contributed by atoms with Gasteiger partial charge in [0.25, 0.3) is 0 Å². The quantitative estimate of drug-likeness (QED) is 0.695. The van der Waals surface area contributed by atoms with Crippen LogP contribution in [0.5, 0.6) is 0 Å². The van der Waals surface area contributed by atoms with Crippen LogP contribution in [0, 0.1) is 5.41 Å². The first-order valence-corrected chi connectivity index (χ1v) is 6.11. The highest BCUT2D eigenvalue weighted by atomic mass is 32.2. The summed E-state index contributed by atoms with van der Waals surface area (Å²) in [6, 6.07) is 0. The van der Waals surface area contributed by atoms with E-state index in [0.717, 1.165) is 19.4 Å². The van der Waals surface area contributed by atoms with Crippen molar-refractivity contribution in [2.75, 3.05) is 18.6 Å². The number of hydrogen-bond acceptors (Lipinski definition) is 2. The molecule has 0 aromatic carbocycles. The Kier molecular flexibility index (Phi) is 6.21. The molecule has 0 aliphatic carbocycles. The summed E-state index contributed by atoms with van der Waals surface area (Å²) < 4.78 is 0. The van der Waals surface area contributed by atoms with Gasteiger partial charge in [-0.15, -0.1) is 0 Å². The summed E-state index contributed by atoms with van der Waals surface area (Å²) in [7, 11) is 0. The Labute approximate surface area is 85.9 Å². The Morgan fingerprint density at radius 1 is 1.38 bits per heavy atom. The van der Waals surface area contributed by atoms with Crippen LogP contribution in [0.1, 0.15) is 33.6 Å². The molecule has 0 radical (unpaired) electrons. The van der Waals surface area contributed by atoms with Crippen molar-refractivity contribution in [2.24, 2.45) is 5.41 Å². The Morgan fingerprint density at radius 2 is 2.00 bits per heavy atom. The van der Waals surface area contributed by atoms with E-state index < -0.39 is 0 Å². The molecule has 78 valence electrons. The molecule has 3 heteroatoms. The molecular formula is C10H21NOS.